The highest BCUT2D eigenvalue weighted by Crippen LogP contribution is 2.25. The van der Waals surface area contributed by atoms with Crippen LogP contribution in [0.25, 0.3) is 0 Å². The van der Waals surface area contributed by atoms with Crippen LogP contribution in [-0.4, -0.2) is 25.0 Å². The maximum Gasteiger partial charge on any atom is 0.254 e. The van der Waals surface area contributed by atoms with Crippen molar-refractivity contribution in [1.82, 2.24) is 10.6 Å². The van der Waals surface area contributed by atoms with Gasteiger partial charge in [-0.15, -0.1) is 0 Å². The van der Waals surface area contributed by atoms with Crippen molar-refractivity contribution in [3.63, 3.8) is 0 Å². The van der Waals surface area contributed by atoms with E-state index in [1.807, 2.05) is 0 Å². The number of rotatable bonds is 2. The zero-order chi connectivity index (χ0) is 12.4. The molecule has 0 spiro atoms. The summed E-state index contributed by atoms with van der Waals surface area (Å²) in [6.45, 7) is 1.59. The Morgan fingerprint density at radius 1 is 1.59 bits per heavy atom. The molecule has 1 atom stereocenters. The predicted molar refractivity (Wildman–Crippen MR) is 67.9 cm³/mol. The number of benzene rings is 1. The number of amides is 1. The van der Waals surface area contributed by atoms with Crippen molar-refractivity contribution in [2.24, 2.45) is 0 Å². The van der Waals surface area contributed by atoms with Gasteiger partial charge in [0.25, 0.3) is 5.91 Å². The summed E-state index contributed by atoms with van der Waals surface area (Å²) >= 11 is 8.94. The van der Waals surface area contributed by atoms with Gasteiger partial charge < -0.3 is 10.6 Å². The Morgan fingerprint density at radius 3 is 3.00 bits per heavy atom. The van der Waals surface area contributed by atoms with Crippen LogP contribution in [0.2, 0.25) is 5.02 Å². The van der Waals surface area contributed by atoms with Gasteiger partial charge in [-0.25, -0.2) is 4.39 Å². The molecule has 1 aromatic carbocycles. The maximum atomic E-state index is 13.6. The standard InChI is InChI=1S/C11H11BrClFN2O/c12-8-4-10(14)7(3-9(8)13)11(17)16-6-1-2-15-5-6/h3-4,6,15H,1-2,5H2,(H,16,17)/t6-/m0/s1. The van der Waals surface area contributed by atoms with Crippen LogP contribution in [0.1, 0.15) is 16.8 Å². The van der Waals surface area contributed by atoms with E-state index < -0.39 is 11.7 Å². The zero-order valence-corrected chi connectivity index (χ0v) is 11.2. The second-order valence-corrected chi connectivity index (χ2v) is 5.17. The van der Waals surface area contributed by atoms with Crippen molar-refractivity contribution in [3.05, 3.63) is 33.0 Å². The fraction of sp³-hybridized carbons (Fsp3) is 0.364. The van der Waals surface area contributed by atoms with Crippen molar-refractivity contribution >= 4 is 33.4 Å². The molecule has 0 saturated carbocycles. The van der Waals surface area contributed by atoms with Crippen molar-refractivity contribution in [2.45, 2.75) is 12.5 Å². The second kappa shape index (κ2) is 5.33. The van der Waals surface area contributed by atoms with Gasteiger partial charge in [0.1, 0.15) is 5.82 Å². The van der Waals surface area contributed by atoms with Gasteiger partial charge in [-0.2, -0.15) is 0 Å². The summed E-state index contributed by atoms with van der Waals surface area (Å²) in [7, 11) is 0. The van der Waals surface area contributed by atoms with E-state index in [-0.39, 0.29) is 11.6 Å². The van der Waals surface area contributed by atoms with Crippen LogP contribution in [0, 0.1) is 5.82 Å². The van der Waals surface area contributed by atoms with Crippen molar-refractivity contribution in [1.29, 1.82) is 0 Å². The van der Waals surface area contributed by atoms with E-state index in [0.29, 0.717) is 9.50 Å². The van der Waals surface area contributed by atoms with E-state index in [2.05, 4.69) is 26.6 Å². The molecule has 0 aliphatic carbocycles. The molecular formula is C11H11BrClFN2O. The molecule has 0 aromatic heterocycles. The molecule has 1 fully saturated rings. The van der Waals surface area contributed by atoms with Gasteiger partial charge in [-0.3, -0.25) is 4.79 Å². The average Bonchev–Trinajstić information content (AvgIpc) is 2.76. The smallest absolute Gasteiger partial charge is 0.254 e. The predicted octanol–water partition coefficient (Wildman–Crippen LogP) is 2.33. The first-order valence-electron chi connectivity index (χ1n) is 5.24. The van der Waals surface area contributed by atoms with Crippen LogP contribution in [0.5, 0.6) is 0 Å². The minimum absolute atomic E-state index is 0.0231. The highest BCUT2D eigenvalue weighted by atomic mass is 79.9. The molecule has 6 heteroatoms. The van der Waals surface area contributed by atoms with Crippen LogP contribution in [0.4, 0.5) is 4.39 Å². The lowest BCUT2D eigenvalue weighted by molar-refractivity contribution is 0.0936. The summed E-state index contributed by atoms with van der Waals surface area (Å²) in [6.07, 6.45) is 0.859. The lowest BCUT2D eigenvalue weighted by atomic mass is 10.1. The molecule has 1 saturated heterocycles. The van der Waals surface area contributed by atoms with Crippen LogP contribution < -0.4 is 10.6 Å². The van der Waals surface area contributed by atoms with Crippen molar-refractivity contribution < 1.29 is 9.18 Å². The van der Waals surface area contributed by atoms with Gasteiger partial charge in [0, 0.05) is 17.1 Å². The normalized spacial score (nSPS) is 19.4. The van der Waals surface area contributed by atoms with E-state index in [1.54, 1.807) is 0 Å². The third-order valence-electron chi connectivity index (χ3n) is 2.65. The largest absolute Gasteiger partial charge is 0.348 e. The lowest BCUT2D eigenvalue weighted by Gasteiger charge is -2.12. The van der Waals surface area contributed by atoms with Gasteiger partial charge in [-0.1, -0.05) is 11.6 Å². The molecule has 92 valence electrons. The van der Waals surface area contributed by atoms with Crippen molar-refractivity contribution in [3.8, 4) is 0 Å². The summed E-state index contributed by atoms with van der Waals surface area (Å²) in [6, 6.07) is 2.59. The molecule has 0 unspecified atom stereocenters. The SMILES string of the molecule is O=C(N[C@H]1CCNC1)c1cc(Cl)c(Br)cc1F. The van der Waals surface area contributed by atoms with Gasteiger partial charge in [-0.05, 0) is 41.0 Å². The minimum Gasteiger partial charge on any atom is -0.348 e. The Hall–Kier alpha value is -0.650. The van der Waals surface area contributed by atoms with Gasteiger partial charge in [0.15, 0.2) is 0 Å². The lowest BCUT2D eigenvalue weighted by Crippen LogP contribution is -2.36. The van der Waals surface area contributed by atoms with Gasteiger partial charge in [0.05, 0.1) is 10.6 Å². The summed E-state index contributed by atoms with van der Waals surface area (Å²) in [5, 5.41) is 6.21. The molecule has 2 rings (SSSR count). The molecule has 1 aliphatic heterocycles. The highest BCUT2D eigenvalue weighted by Gasteiger charge is 2.20. The Morgan fingerprint density at radius 2 is 2.35 bits per heavy atom. The summed E-state index contributed by atoms with van der Waals surface area (Å²) in [5.74, 6) is -1.00. The fourth-order valence-corrected chi connectivity index (χ4v) is 2.22. The first-order valence-corrected chi connectivity index (χ1v) is 6.41. The number of hydrogen-bond acceptors (Lipinski definition) is 2. The van der Waals surface area contributed by atoms with E-state index in [4.69, 9.17) is 11.6 Å². The molecule has 2 N–H and O–H groups in total. The molecule has 1 aliphatic rings. The van der Waals surface area contributed by atoms with Crippen LogP contribution in [0.15, 0.2) is 16.6 Å². The van der Waals surface area contributed by atoms with Crippen LogP contribution in [0.3, 0.4) is 0 Å². The third kappa shape index (κ3) is 2.97. The summed E-state index contributed by atoms with van der Waals surface area (Å²) in [4.78, 5) is 11.8. The number of carbonyl (C=O) groups is 1. The minimum atomic E-state index is -0.579. The fourth-order valence-electron chi connectivity index (χ4n) is 1.74. The van der Waals surface area contributed by atoms with E-state index >= 15 is 0 Å². The number of carbonyl (C=O) groups excluding carboxylic acids is 1. The van der Waals surface area contributed by atoms with Gasteiger partial charge in [0.2, 0.25) is 0 Å². The first-order chi connectivity index (χ1) is 8.08. The third-order valence-corrected chi connectivity index (χ3v) is 3.85. The number of halogens is 3. The zero-order valence-electron chi connectivity index (χ0n) is 8.90. The highest BCUT2D eigenvalue weighted by molar-refractivity contribution is 9.10. The Labute approximate surface area is 112 Å². The van der Waals surface area contributed by atoms with E-state index in [1.165, 1.54) is 12.1 Å². The quantitative estimate of drug-likeness (QED) is 0.821. The Balaban J connectivity index is 2.15. The molecule has 1 heterocycles. The Kier molecular flexibility index (Phi) is 4.01. The number of nitrogens with one attached hydrogen (secondary N) is 2. The molecule has 1 amide bonds. The van der Waals surface area contributed by atoms with Crippen molar-refractivity contribution in [2.75, 3.05) is 13.1 Å². The Bertz CT molecular complexity index is 449. The molecule has 0 radical (unpaired) electrons. The van der Waals surface area contributed by atoms with Crippen LogP contribution >= 0.6 is 27.5 Å². The second-order valence-electron chi connectivity index (χ2n) is 3.91. The molecular weight excluding hydrogens is 310 g/mol. The summed E-state index contributed by atoms with van der Waals surface area (Å²) in [5.41, 5.74) is -0.0231. The molecule has 1 aromatic rings. The van der Waals surface area contributed by atoms with E-state index in [9.17, 15) is 9.18 Å². The summed E-state index contributed by atoms with van der Waals surface area (Å²) < 4.78 is 14.0. The average molecular weight is 322 g/mol. The molecule has 17 heavy (non-hydrogen) atoms. The monoisotopic (exact) mass is 320 g/mol. The van der Waals surface area contributed by atoms with Crippen LogP contribution in [-0.2, 0) is 0 Å². The maximum absolute atomic E-state index is 13.6. The molecule has 3 nitrogen and oxygen atoms in total. The number of hydrogen-bond donors (Lipinski definition) is 2. The van der Waals surface area contributed by atoms with E-state index in [0.717, 1.165) is 19.5 Å². The van der Waals surface area contributed by atoms with Gasteiger partial charge >= 0.3 is 0 Å². The topological polar surface area (TPSA) is 41.1 Å². The molecule has 0 bridgehead atoms. The first kappa shape index (κ1) is 12.8.